The Labute approximate surface area is 198 Å². The van der Waals surface area contributed by atoms with Gasteiger partial charge in [0, 0.05) is 20.0 Å². The summed E-state index contributed by atoms with van der Waals surface area (Å²) in [5.74, 6) is 1.15. The van der Waals surface area contributed by atoms with Crippen LogP contribution in [0.25, 0.3) is 0 Å². The summed E-state index contributed by atoms with van der Waals surface area (Å²) in [6.07, 6.45) is 0.736. The number of rotatable bonds is 7. The molecule has 3 aromatic rings. The van der Waals surface area contributed by atoms with Gasteiger partial charge in [0.15, 0.2) is 5.76 Å². The highest BCUT2D eigenvalue weighted by atomic mass is 19.1. The van der Waals surface area contributed by atoms with Crippen LogP contribution < -0.4 is 10.1 Å². The first kappa shape index (κ1) is 23.5. The zero-order chi connectivity index (χ0) is 24.2. The number of ether oxygens (including phenoxy) is 1. The van der Waals surface area contributed by atoms with Crippen LogP contribution in [0.1, 0.15) is 59.8 Å². The van der Waals surface area contributed by atoms with Crippen molar-refractivity contribution in [3.63, 3.8) is 0 Å². The molecule has 6 nitrogen and oxygen atoms in total. The minimum Gasteiger partial charge on any atom is -0.486 e. The molecule has 178 valence electrons. The van der Waals surface area contributed by atoms with E-state index in [-0.39, 0.29) is 36.0 Å². The molecule has 2 amide bonds. The van der Waals surface area contributed by atoms with Gasteiger partial charge in [-0.25, -0.2) is 4.39 Å². The lowest BCUT2D eigenvalue weighted by Crippen LogP contribution is -2.39. The summed E-state index contributed by atoms with van der Waals surface area (Å²) in [6, 6.07) is 15.1. The lowest BCUT2D eigenvalue weighted by molar-refractivity contribution is -0.130. The van der Waals surface area contributed by atoms with E-state index < -0.39 is 0 Å². The molecule has 7 heteroatoms. The molecule has 4 rings (SSSR count). The number of hydrogen-bond donors (Lipinski definition) is 1. The first-order valence-electron chi connectivity index (χ1n) is 11.5. The van der Waals surface area contributed by atoms with E-state index in [1.165, 1.54) is 12.1 Å². The Hall–Kier alpha value is -3.61. The van der Waals surface area contributed by atoms with Crippen molar-refractivity contribution in [2.45, 2.75) is 39.8 Å². The van der Waals surface area contributed by atoms with E-state index in [1.807, 2.05) is 32.0 Å². The molecule has 1 aliphatic rings. The lowest BCUT2D eigenvalue weighted by atomic mass is 9.88. The smallest absolute Gasteiger partial charge is 0.287 e. The number of halogens is 1. The Morgan fingerprint density at radius 3 is 2.62 bits per heavy atom. The van der Waals surface area contributed by atoms with E-state index in [1.54, 1.807) is 36.1 Å². The fourth-order valence-electron chi connectivity index (χ4n) is 4.14. The lowest BCUT2D eigenvalue weighted by Gasteiger charge is -2.37. The molecule has 1 aromatic heterocycles. The Morgan fingerprint density at radius 2 is 1.91 bits per heavy atom. The number of carbonyl (C=O) groups excluding carboxylic acids is 2. The Bertz CT molecular complexity index is 1170. The third kappa shape index (κ3) is 5.30. The second kappa shape index (κ2) is 10.1. The van der Waals surface area contributed by atoms with Gasteiger partial charge in [0.05, 0.1) is 6.04 Å². The summed E-state index contributed by atoms with van der Waals surface area (Å²) in [7, 11) is 0. The fourth-order valence-corrected chi connectivity index (χ4v) is 4.14. The van der Waals surface area contributed by atoms with Gasteiger partial charge in [0.1, 0.15) is 23.9 Å². The Kier molecular flexibility index (Phi) is 7.01. The zero-order valence-electron chi connectivity index (χ0n) is 19.6. The van der Waals surface area contributed by atoms with E-state index >= 15 is 0 Å². The molecule has 0 spiro atoms. The second-order valence-electron chi connectivity index (χ2n) is 8.94. The Balaban J connectivity index is 1.52. The van der Waals surface area contributed by atoms with Gasteiger partial charge >= 0.3 is 0 Å². The van der Waals surface area contributed by atoms with Crippen molar-refractivity contribution in [1.29, 1.82) is 0 Å². The molecular formula is C27H29FN2O4. The highest BCUT2D eigenvalue weighted by molar-refractivity contribution is 5.91. The van der Waals surface area contributed by atoms with Gasteiger partial charge in [-0.3, -0.25) is 9.59 Å². The molecule has 1 aliphatic heterocycles. The van der Waals surface area contributed by atoms with Crippen LogP contribution in [0.15, 0.2) is 59.0 Å². The standard InChI is InChI=1S/C27H29FN2O4/c1-17(2)15-29-27(32)25-11-10-23(34-25)16-33-22-9-6-19-12-13-30(18(3)31)26(24(19)14-22)20-4-7-21(28)8-5-20/h4-11,14,17,26H,12-13,15-16H2,1-3H3,(H,29,32). The van der Waals surface area contributed by atoms with E-state index in [0.29, 0.717) is 30.5 Å². The monoisotopic (exact) mass is 464 g/mol. The van der Waals surface area contributed by atoms with Crippen molar-refractivity contribution in [1.82, 2.24) is 10.2 Å². The number of amides is 2. The highest BCUT2D eigenvalue weighted by Gasteiger charge is 2.31. The van der Waals surface area contributed by atoms with Gasteiger partial charge < -0.3 is 19.4 Å². The molecule has 0 bridgehead atoms. The molecule has 0 saturated heterocycles. The SMILES string of the molecule is CC(=O)N1CCc2ccc(OCc3ccc(C(=O)NCC(C)C)o3)cc2C1c1ccc(F)cc1. The van der Waals surface area contributed by atoms with Crippen molar-refractivity contribution in [3.8, 4) is 5.75 Å². The molecular weight excluding hydrogens is 435 g/mol. The average molecular weight is 465 g/mol. The predicted molar refractivity (Wildman–Crippen MR) is 126 cm³/mol. The second-order valence-corrected chi connectivity index (χ2v) is 8.94. The molecule has 0 fully saturated rings. The fraction of sp³-hybridized carbons (Fsp3) is 0.333. The molecule has 1 atom stereocenters. The van der Waals surface area contributed by atoms with Crippen LogP contribution in [0.3, 0.4) is 0 Å². The van der Waals surface area contributed by atoms with Gasteiger partial charge in [-0.05, 0) is 65.4 Å². The van der Waals surface area contributed by atoms with Crippen molar-refractivity contribution in [2.75, 3.05) is 13.1 Å². The average Bonchev–Trinajstić information content (AvgIpc) is 3.30. The normalized spacial score (nSPS) is 15.2. The van der Waals surface area contributed by atoms with E-state index in [0.717, 1.165) is 23.1 Å². The first-order valence-corrected chi connectivity index (χ1v) is 11.5. The van der Waals surface area contributed by atoms with E-state index in [4.69, 9.17) is 9.15 Å². The van der Waals surface area contributed by atoms with Crippen LogP contribution in [0.2, 0.25) is 0 Å². The molecule has 0 saturated carbocycles. The maximum atomic E-state index is 13.5. The van der Waals surface area contributed by atoms with Crippen LogP contribution in [-0.4, -0.2) is 29.8 Å². The quantitative estimate of drug-likeness (QED) is 0.541. The number of benzene rings is 2. The van der Waals surface area contributed by atoms with E-state index in [2.05, 4.69) is 5.32 Å². The van der Waals surface area contributed by atoms with Crippen molar-refractivity contribution in [2.24, 2.45) is 5.92 Å². The molecule has 2 aromatic carbocycles. The number of fused-ring (bicyclic) bond motifs is 1. The van der Waals surface area contributed by atoms with Crippen LogP contribution in [-0.2, 0) is 17.8 Å². The molecule has 0 aliphatic carbocycles. The number of nitrogens with one attached hydrogen (secondary N) is 1. The number of furan rings is 1. The maximum Gasteiger partial charge on any atom is 0.287 e. The third-order valence-corrected chi connectivity index (χ3v) is 5.87. The number of nitrogens with zero attached hydrogens (tertiary/aromatic N) is 1. The van der Waals surface area contributed by atoms with Gasteiger partial charge in [0.25, 0.3) is 5.91 Å². The van der Waals surface area contributed by atoms with Crippen LogP contribution in [0.4, 0.5) is 4.39 Å². The van der Waals surface area contributed by atoms with Crippen molar-refractivity contribution in [3.05, 3.63) is 88.6 Å². The first-order chi connectivity index (χ1) is 16.3. The minimum absolute atomic E-state index is 0.0369. The molecule has 1 unspecified atom stereocenters. The van der Waals surface area contributed by atoms with Crippen LogP contribution in [0, 0.1) is 11.7 Å². The summed E-state index contributed by atoms with van der Waals surface area (Å²) in [5, 5.41) is 2.83. The maximum absolute atomic E-state index is 13.5. The summed E-state index contributed by atoms with van der Waals surface area (Å²) in [6.45, 7) is 6.93. The third-order valence-electron chi connectivity index (χ3n) is 5.87. The molecule has 1 N–H and O–H groups in total. The van der Waals surface area contributed by atoms with Gasteiger partial charge in [-0.15, -0.1) is 0 Å². The number of carbonyl (C=O) groups is 2. The topological polar surface area (TPSA) is 71.8 Å². The van der Waals surface area contributed by atoms with Crippen molar-refractivity contribution >= 4 is 11.8 Å². The molecule has 2 heterocycles. The van der Waals surface area contributed by atoms with Crippen molar-refractivity contribution < 1.29 is 23.1 Å². The zero-order valence-corrected chi connectivity index (χ0v) is 19.6. The summed E-state index contributed by atoms with van der Waals surface area (Å²) < 4.78 is 25.1. The predicted octanol–water partition coefficient (Wildman–Crippen LogP) is 4.88. The largest absolute Gasteiger partial charge is 0.486 e. The molecule has 0 radical (unpaired) electrons. The van der Waals surface area contributed by atoms with Crippen LogP contribution in [0.5, 0.6) is 5.75 Å². The van der Waals surface area contributed by atoms with Crippen LogP contribution >= 0.6 is 0 Å². The number of hydrogen-bond acceptors (Lipinski definition) is 4. The molecule has 34 heavy (non-hydrogen) atoms. The highest BCUT2D eigenvalue weighted by Crippen LogP contribution is 2.37. The summed E-state index contributed by atoms with van der Waals surface area (Å²) in [4.78, 5) is 26.3. The van der Waals surface area contributed by atoms with Gasteiger partial charge in [0.2, 0.25) is 5.91 Å². The van der Waals surface area contributed by atoms with Gasteiger partial charge in [-0.1, -0.05) is 32.0 Å². The van der Waals surface area contributed by atoms with E-state index in [9.17, 15) is 14.0 Å². The Morgan fingerprint density at radius 1 is 1.15 bits per heavy atom. The minimum atomic E-state index is -0.318. The van der Waals surface area contributed by atoms with Gasteiger partial charge in [-0.2, -0.15) is 0 Å². The summed E-state index contributed by atoms with van der Waals surface area (Å²) >= 11 is 0. The summed E-state index contributed by atoms with van der Waals surface area (Å²) in [5.41, 5.74) is 2.93.